The van der Waals surface area contributed by atoms with Crippen molar-refractivity contribution in [1.82, 2.24) is 15.3 Å². The predicted octanol–water partition coefficient (Wildman–Crippen LogP) is 4.30. The van der Waals surface area contributed by atoms with E-state index in [9.17, 15) is 14.7 Å². The van der Waals surface area contributed by atoms with Gasteiger partial charge in [0, 0.05) is 39.5 Å². The van der Waals surface area contributed by atoms with Crippen molar-refractivity contribution in [3.63, 3.8) is 0 Å². The second kappa shape index (κ2) is 8.69. The number of rotatable bonds is 7. The van der Waals surface area contributed by atoms with Gasteiger partial charge in [0.05, 0.1) is 12.1 Å². The number of aromatic amines is 1. The number of aromatic nitrogens is 2. The molecule has 6 nitrogen and oxygen atoms in total. The highest BCUT2D eigenvalue weighted by Crippen LogP contribution is 2.25. The molecule has 0 saturated carbocycles. The summed E-state index contributed by atoms with van der Waals surface area (Å²) in [7, 11) is 0. The molecule has 2 aromatic carbocycles. The Balaban J connectivity index is 1.42. The van der Waals surface area contributed by atoms with Crippen LogP contribution in [0.5, 0.6) is 0 Å². The van der Waals surface area contributed by atoms with Crippen LogP contribution in [0.3, 0.4) is 0 Å². The van der Waals surface area contributed by atoms with Gasteiger partial charge >= 0.3 is 5.97 Å². The van der Waals surface area contributed by atoms with E-state index >= 15 is 0 Å². The third kappa shape index (κ3) is 4.53. The van der Waals surface area contributed by atoms with E-state index in [1.165, 1.54) is 11.3 Å². The number of aliphatic carboxylic acids is 1. The summed E-state index contributed by atoms with van der Waals surface area (Å²) in [5, 5.41) is 16.4. The molecule has 0 aliphatic carbocycles. The highest BCUT2D eigenvalue weighted by atomic mass is 35.5. The number of para-hydroxylation sites is 1. The Bertz CT molecular complexity index is 1200. The summed E-state index contributed by atoms with van der Waals surface area (Å²) < 4.78 is 0. The smallest absolute Gasteiger partial charge is 0.326 e. The second-order valence-corrected chi connectivity index (χ2v) is 8.14. The van der Waals surface area contributed by atoms with Crippen LogP contribution >= 0.6 is 22.9 Å². The van der Waals surface area contributed by atoms with Crippen molar-refractivity contribution in [2.24, 2.45) is 0 Å². The highest BCUT2D eigenvalue weighted by Gasteiger charge is 2.22. The van der Waals surface area contributed by atoms with Gasteiger partial charge in [-0.15, -0.1) is 11.3 Å². The molecule has 0 spiro atoms. The number of carboxylic acids is 1. The van der Waals surface area contributed by atoms with Crippen molar-refractivity contribution in [3.8, 4) is 10.6 Å². The van der Waals surface area contributed by atoms with Crippen LogP contribution in [0.15, 0.2) is 60.1 Å². The molecule has 3 N–H and O–H groups in total. The zero-order chi connectivity index (χ0) is 21.1. The number of amides is 1. The molecule has 1 unspecified atom stereocenters. The van der Waals surface area contributed by atoms with Crippen LogP contribution in [0.1, 0.15) is 11.3 Å². The van der Waals surface area contributed by atoms with Gasteiger partial charge in [-0.1, -0.05) is 41.9 Å². The van der Waals surface area contributed by atoms with Gasteiger partial charge in [-0.2, -0.15) is 0 Å². The van der Waals surface area contributed by atoms with Crippen LogP contribution in [0, 0.1) is 0 Å². The van der Waals surface area contributed by atoms with Crippen molar-refractivity contribution < 1.29 is 14.7 Å². The minimum Gasteiger partial charge on any atom is -0.480 e. The van der Waals surface area contributed by atoms with Gasteiger partial charge in [-0.3, -0.25) is 4.79 Å². The summed E-state index contributed by atoms with van der Waals surface area (Å²) in [5.41, 5.74) is 3.29. The molecule has 0 bridgehead atoms. The van der Waals surface area contributed by atoms with Gasteiger partial charge in [-0.25, -0.2) is 9.78 Å². The van der Waals surface area contributed by atoms with Crippen molar-refractivity contribution in [1.29, 1.82) is 0 Å². The number of H-pyrrole nitrogens is 1. The van der Waals surface area contributed by atoms with Crippen LogP contribution in [0.4, 0.5) is 0 Å². The van der Waals surface area contributed by atoms with E-state index in [0.717, 1.165) is 27.0 Å². The lowest BCUT2D eigenvalue weighted by atomic mass is 10.0. The molecule has 0 saturated heterocycles. The topological polar surface area (TPSA) is 95.1 Å². The van der Waals surface area contributed by atoms with Crippen molar-refractivity contribution in [2.45, 2.75) is 18.9 Å². The van der Waals surface area contributed by atoms with E-state index in [4.69, 9.17) is 11.6 Å². The molecule has 30 heavy (non-hydrogen) atoms. The maximum atomic E-state index is 12.5. The first kappa shape index (κ1) is 20.1. The second-order valence-electron chi connectivity index (χ2n) is 6.85. The van der Waals surface area contributed by atoms with Crippen LogP contribution in [-0.2, 0) is 22.4 Å². The number of hydrogen-bond acceptors (Lipinski definition) is 4. The van der Waals surface area contributed by atoms with Gasteiger partial charge in [0.25, 0.3) is 0 Å². The summed E-state index contributed by atoms with van der Waals surface area (Å²) in [6.45, 7) is 0. The fraction of sp³-hybridized carbons (Fsp3) is 0.136. The summed E-state index contributed by atoms with van der Waals surface area (Å²) in [5.74, 6) is -1.45. The minimum absolute atomic E-state index is 0.0156. The summed E-state index contributed by atoms with van der Waals surface area (Å²) in [4.78, 5) is 31.8. The molecule has 1 atom stereocenters. The fourth-order valence-electron chi connectivity index (χ4n) is 3.24. The summed E-state index contributed by atoms with van der Waals surface area (Å²) in [6, 6.07) is 13.9. The average Bonchev–Trinajstić information content (AvgIpc) is 3.35. The van der Waals surface area contributed by atoms with Crippen LogP contribution in [-0.4, -0.2) is 33.0 Å². The first-order valence-electron chi connectivity index (χ1n) is 9.27. The molecule has 0 aliphatic rings. The molecule has 0 aliphatic heterocycles. The third-order valence-corrected chi connectivity index (χ3v) is 5.91. The molecule has 152 valence electrons. The first-order chi connectivity index (χ1) is 14.5. The largest absolute Gasteiger partial charge is 0.480 e. The number of fused-ring (bicyclic) bond motifs is 1. The Kier molecular flexibility index (Phi) is 5.83. The Labute approximate surface area is 181 Å². The Morgan fingerprint density at radius 3 is 2.70 bits per heavy atom. The van der Waals surface area contributed by atoms with E-state index in [0.29, 0.717) is 10.7 Å². The first-order valence-corrected chi connectivity index (χ1v) is 10.5. The quantitative estimate of drug-likeness (QED) is 0.400. The third-order valence-electron chi connectivity index (χ3n) is 4.72. The van der Waals surface area contributed by atoms with E-state index < -0.39 is 12.0 Å². The minimum atomic E-state index is -1.08. The standard InChI is InChI=1S/C22H18ClN3O3S/c23-15-7-5-13(6-8-15)21-25-16(12-30-21)10-20(27)26-19(22(28)29)9-14-11-24-18-4-2-1-3-17(14)18/h1-8,11-12,19,24H,9-10H2,(H,26,27)(H,28,29). The Morgan fingerprint density at radius 2 is 1.93 bits per heavy atom. The lowest BCUT2D eigenvalue weighted by Crippen LogP contribution is -2.43. The zero-order valence-corrected chi connectivity index (χ0v) is 17.3. The summed E-state index contributed by atoms with van der Waals surface area (Å²) in [6.07, 6.45) is 1.99. The molecule has 4 aromatic rings. The van der Waals surface area contributed by atoms with Crippen molar-refractivity contribution >= 4 is 45.7 Å². The van der Waals surface area contributed by atoms with Gasteiger partial charge < -0.3 is 15.4 Å². The van der Waals surface area contributed by atoms with Crippen LogP contribution in [0.2, 0.25) is 5.02 Å². The highest BCUT2D eigenvalue weighted by molar-refractivity contribution is 7.13. The SMILES string of the molecule is O=C(Cc1csc(-c2ccc(Cl)cc2)n1)NC(Cc1c[nH]c2ccccc12)C(=O)O. The Morgan fingerprint density at radius 1 is 1.17 bits per heavy atom. The predicted molar refractivity (Wildman–Crippen MR) is 118 cm³/mol. The molecule has 8 heteroatoms. The maximum absolute atomic E-state index is 12.5. The molecular formula is C22H18ClN3O3S. The maximum Gasteiger partial charge on any atom is 0.326 e. The van der Waals surface area contributed by atoms with Crippen LogP contribution in [0.25, 0.3) is 21.5 Å². The van der Waals surface area contributed by atoms with Gasteiger partial charge in [0.15, 0.2) is 0 Å². The van der Waals surface area contributed by atoms with E-state index in [-0.39, 0.29) is 18.7 Å². The molecule has 4 rings (SSSR count). The van der Waals surface area contributed by atoms with Gasteiger partial charge in [-0.05, 0) is 23.8 Å². The van der Waals surface area contributed by atoms with Crippen molar-refractivity contribution in [3.05, 3.63) is 76.4 Å². The lowest BCUT2D eigenvalue weighted by Gasteiger charge is -2.14. The number of nitrogens with zero attached hydrogens (tertiary/aromatic N) is 1. The number of carbonyl (C=O) groups is 2. The molecule has 2 aromatic heterocycles. The molecule has 0 fully saturated rings. The lowest BCUT2D eigenvalue weighted by molar-refractivity contribution is -0.141. The molecule has 2 heterocycles. The fourth-order valence-corrected chi connectivity index (χ4v) is 4.20. The normalized spacial score (nSPS) is 12.0. The number of halogens is 1. The molecule has 0 radical (unpaired) electrons. The van der Waals surface area contributed by atoms with E-state index in [1.54, 1.807) is 23.7 Å². The number of carboxylic acid groups (broad SMARTS) is 1. The Hall–Kier alpha value is -3.16. The number of carbonyl (C=O) groups excluding carboxylic acids is 1. The zero-order valence-electron chi connectivity index (χ0n) is 15.8. The number of hydrogen-bond donors (Lipinski definition) is 3. The monoisotopic (exact) mass is 439 g/mol. The average molecular weight is 440 g/mol. The molecule has 1 amide bonds. The summed E-state index contributed by atoms with van der Waals surface area (Å²) >= 11 is 7.34. The van der Waals surface area contributed by atoms with E-state index in [1.807, 2.05) is 36.4 Å². The van der Waals surface area contributed by atoms with Crippen molar-refractivity contribution in [2.75, 3.05) is 0 Å². The number of benzene rings is 2. The van der Waals surface area contributed by atoms with Crippen LogP contribution < -0.4 is 5.32 Å². The van der Waals surface area contributed by atoms with E-state index in [2.05, 4.69) is 15.3 Å². The van der Waals surface area contributed by atoms with Gasteiger partial charge in [0.1, 0.15) is 11.0 Å². The number of nitrogens with one attached hydrogen (secondary N) is 2. The molecular weight excluding hydrogens is 422 g/mol. The number of thiazole rings is 1. The van der Waals surface area contributed by atoms with Gasteiger partial charge in [0.2, 0.25) is 5.91 Å².